The molecular formula is C11H12BrFN2O2S. The number of nitriles is 1. The summed E-state index contributed by atoms with van der Waals surface area (Å²) in [5.41, 5.74) is 0.801. The van der Waals surface area contributed by atoms with Crippen molar-refractivity contribution in [2.45, 2.75) is 19.4 Å². The van der Waals surface area contributed by atoms with Gasteiger partial charge < -0.3 is 0 Å². The zero-order valence-corrected chi connectivity index (χ0v) is 12.1. The molecule has 1 atom stereocenters. The Morgan fingerprint density at radius 1 is 1.56 bits per heavy atom. The maximum atomic E-state index is 13.0. The van der Waals surface area contributed by atoms with Crippen LogP contribution in [0.15, 0.2) is 22.7 Å². The second-order valence-electron chi connectivity index (χ2n) is 3.89. The second-order valence-corrected chi connectivity index (χ2v) is 6.50. The first-order chi connectivity index (χ1) is 8.34. The molecule has 0 fully saturated rings. The lowest BCUT2D eigenvalue weighted by atomic mass is 10.1. The number of benzene rings is 1. The first-order valence-electron chi connectivity index (χ1n) is 5.15. The monoisotopic (exact) mass is 334 g/mol. The minimum atomic E-state index is -3.57. The predicted octanol–water partition coefficient (Wildman–Crippen LogP) is 1.96. The van der Waals surface area contributed by atoms with Crippen LogP contribution in [0, 0.1) is 17.1 Å². The van der Waals surface area contributed by atoms with Gasteiger partial charge in [0.05, 0.1) is 10.5 Å². The second kappa shape index (κ2) is 6.27. The summed E-state index contributed by atoms with van der Waals surface area (Å²) in [4.78, 5) is 0. The Kier molecular flexibility index (Phi) is 5.26. The summed E-state index contributed by atoms with van der Waals surface area (Å²) in [7, 11) is -3.57. The Bertz CT molecular complexity index is 569. The molecule has 0 heterocycles. The average molecular weight is 335 g/mol. The van der Waals surface area contributed by atoms with Crippen molar-refractivity contribution in [2.75, 3.05) is 5.75 Å². The third kappa shape index (κ3) is 4.72. The van der Waals surface area contributed by atoms with E-state index in [1.165, 1.54) is 6.07 Å². The molecular weight excluding hydrogens is 323 g/mol. The molecule has 7 heteroatoms. The largest absolute Gasteiger partial charge is 0.225 e. The molecule has 1 N–H and O–H groups in total. The first kappa shape index (κ1) is 15.1. The highest BCUT2D eigenvalue weighted by molar-refractivity contribution is 9.10. The molecule has 0 saturated carbocycles. The summed E-state index contributed by atoms with van der Waals surface area (Å²) in [6, 6.07) is 5.74. The van der Waals surface area contributed by atoms with Crippen molar-refractivity contribution >= 4 is 26.0 Å². The Morgan fingerprint density at radius 2 is 2.22 bits per heavy atom. The van der Waals surface area contributed by atoms with Gasteiger partial charge in [0.2, 0.25) is 10.0 Å². The number of hydrogen-bond donors (Lipinski definition) is 1. The van der Waals surface area contributed by atoms with Gasteiger partial charge in [-0.15, -0.1) is 0 Å². The molecule has 0 aliphatic heterocycles. The maximum absolute atomic E-state index is 13.0. The fourth-order valence-corrected chi connectivity index (χ4v) is 2.87. The van der Waals surface area contributed by atoms with Crippen molar-refractivity contribution in [1.29, 1.82) is 5.26 Å². The van der Waals surface area contributed by atoms with Crippen LogP contribution in [0.3, 0.4) is 0 Å². The first-order valence-corrected chi connectivity index (χ1v) is 7.59. The number of nitrogens with one attached hydrogen (secondary N) is 1. The van der Waals surface area contributed by atoms with Crippen molar-refractivity contribution in [3.8, 4) is 6.07 Å². The van der Waals surface area contributed by atoms with Gasteiger partial charge in [0.1, 0.15) is 5.82 Å². The lowest BCUT2D eigenvalue weighted by molar-refractivity contribution is 0.562. The van der Waals surface area contributed by atoms with E-state index in [0.29, 0.717) is 10.9 Å². The molecule has 98 valence electrons. The van der Waals surface area contributed by atoms with Gasteiger partial charge in [0, 0.05) is 6.04 Å². The minimum absolute atomic E-state index is 0.340. The van der Waals surface area contributed by atoms with Gasteiger partial charge in [-0.05, 0) is 47.0 Å². The summed E-state index contributed by atoms with van der Waals surface area (Å²) >= 11 is 3.07. The highest BCUT2D eigenvalue weighted by Crippen LogP contribution is 2.17. The summed E-state index contributed by atoms with van der Waals surface area (Å²) < 4.78 is 38.4. The zero-order chi connectivity index (χ0) is 13.8. The predicted molar refractivity (Wildman–Crippen MR) is 69.8 cm³/mol. The van der Waals surface area contributed by atoms with Crippen molar-refractivity contribution in [3.05, 3.63) is 34.1 Å². The van der Waals surface area contributed by atoms with E-state index in [1.54, 1.807) is 25.1 Å². The van der Waals surface area contributed by atoms with Crippen LogP contribution >= 0.6 is 15.9 Å². The quantitative estimate of drug-likeness (QED) is 0.894. The van der Waals surface area contributed by atoms with Crippen molar-refractivity contribution in [1.82, 2.24) is 4.72 Å². The van der Waals surface area contributed by atoms with Gasteiger partial charge in [-0.1, -0.05) is 6.07 Å². The van der Waals surface area contributed by atoms with E-state index in [2.05, 4.69) is 20.7 Å². The lowest BCUT2D eigenvalue weighted by Crippen LogP contribution is -2.35. The number of halogens is 2. The Hall–Kier alpha value is -0.970. The fourth-order valence-electron chi connectivity index (χ4n) is 1.49. The Balaban J connectivity index is 2.68. The molecule has 0 aliphatic rings. The van der Waals surface area contributed by atoms with Gasteiger partial charge in [-0.25, -0.2) is 17.5 Å². The van der Waals surface area contributed by atoms with Gasteiger partial charge >= 0.3 is 0 Å². The van der Waals surface area contributed by atoms with E-state index < -0.39 is 15.8 Å². The lowest BCUT2D eigenvalue weighted by Gasteiger charge is -2.13. The van der Waals surface area contributed by atoms with Crippen molar-refractivity contribution < 1.29 is 12.8 Å². The highest BCUT2D eigenvalue weighted by Gasteiger charge is 2.14. The molecule has 0 unspecified atom stereocenters. The van der Waals surface area contributed by atoms with Crippen LogP contribution in [0.5, 0.6) is 0 Å². The number of sulfonamides is 1. The average Bonchev–Trinajstić information content (AvgIpc) is 2.22. The van der Waals surface area contributed by atoms with E-state index in [0.717, 1.165) is 5.56 Å². The van der Waals surface area contributed by atoms with Crippen LogP contribution in [0.4, 0.5) is 4.39 Å². The van der Waals surface area contributed by atoms with Crippen LogP contribution in [-0.2, 0) is 16.4 Å². The molecule has 0 aromatic heterocycles. The molecule has 1 rings (SSSR count). The molecule has 18 heavy (non-hydrogen) atoms. The van der Waals surface area contributed by atoms with Crippen LogP contribution in [0.1, 0.15) is 12.5 Å². The van der Waals surface area contributed by atoms with Crippen LogP contribution < -0.4 is 4.72 Å². The molecule has 0 bridgehead atoms. The van der Waals surface area contributed by atoms with Gasteiger partial charge in [-0.2, -0.15) is 5.26 Å². The molecule has 1 aromatic carbocycles. The van der Waals surface area contributed by atoms with Crippen LogP contribution in [0.25, 0.3) is 0 Å². The van der Waals surface area contributed by atoms with Gasteiger partial charge in [0.15, 0.2) is 5.75 Å². The summed E-state index contributed by atoms with van der Waals surface area (Å²) in [6.07, 6.45) is 0.420. The number of hydrogen-bond acceptors (Lipinski definition) is 3. The number of nitrogens with zero attached hydrogens (tertiary/aromatic N) is 1. The Labute approximate surface area is 114 Å². The SMILES string of the molecule is C[C@H](Cc1ccc(F)c(Br)c1)NS(=O)(=O)CC#N. The van der Waals surface area contributed by atoms with Gasteiger partial charge in [-0.3, -0.25) is 0 Å². The molecule has 0 spiro atoms. The maximum Gasteiger partial charge on any atom is 0.225 e. The van der Waals surface area contributed by atoms with E-state index in [4.69, 9.17) is 5.26 Å². The molecule has 0 saturated heterocycles. The van der Waals surface area contributed by atoms with Gasteiger partial charge in [0.25, 0.3) is 0 Å². The fraction of sp³-hybridized carbons (Fsp3) is 0.364. The highest BCUT2D eigenvalue weighted by atomic mass is 79.9. The van der Waals surface area contributed by atoms with Crippen LogP contribution in [0.2, 0.25) is 0 Å². The zero-order valence-electron chi connectivity index (χ0n) is 9.65. The van der Waals surface area contributed by atoms with E-state index in [9.17, 15) is 12.8 Å². The van der Waals surface area contributed by atoms with E-state index in [-0.39, 0.29) is 11.9 Å². The van der Waals surface area contributed by atoms with E-state index in [1.807, 2.05) is 0 Å². The smallest absolute Gasteiger partial charge is 0.211 e. The van der Waals surface area contributed by atoms with Crippen molar-refractivity contribution in [2.24, 2.45) is 0 Å². The number of rotatable bonds is 5. The summed E-state index contributed by atoms with van der Waals surface area (Å²) in [5, 5.41) is 8.35. The molecule has 1 aromatic rings. The Morgan fingerprint density at radius 3 is 2.78 bits per heavy atom. The summed E-state index contributed by atoms with van der Waals surface area (Å²) in [6.45, 7) is 1.69. The minimum Gasteiger partial charge on any atom is -0.211 e. The molecule has 0 radical (unpaired) electrons. The summed E-state index contributed by atoms with van der Waals surface area (Å²) in [5.74, 6) is -0.929. The van der Waals surface area contributed by atoms with Crippen LogP contribution in [-0.4, -0.2) is 20.2 Å². The molecule has 0 amide bonds. The topological polar surface area (TPSA) is 70.0 Å². The third-order valence-electron chi connectivity index (χ3n) is 2.16. The normalized spacial score (nSPS) is 13.0. The molecule has 4 nitrogen and oxygen atoms in total. The van der Waals surface area contributed by atoms with E-state index >= 15 is 0 Å². The molecule has 0 aliphatic carbocycles. The standard InChI is InChI=1S/C11H12BrFN2O2S/c1-8(15-18(16,17)5-4-14)6-9-2-3-11(13)10(12)7-9/h2-3,7-8,15H,5-6H2,1H3/t8-/m1/s1. The third-order valence-corrected chi connectivity index (χ3v) is 4.04. The van der Waals surface area contributed by atoms with Crippen molar-refractivity contribution in [3.63, 3.8) is 0 Å².